The first-order valence-electron chi connectivity index (χ1n) is 11.0. The van der Waals surface area contributed by atoms with Crippen molar-refractivity contribution in [1.29, 1.82) is 0 Å². The number of morpholine rings is 1. The van der Waals surface area contributed by atoms with Crippen LogP contribution < -0.4 is 5.32 Å². The number of fused-ring (bicyclic) bond motifs is 6. The Morgan fingerprint density at radius 2 is 2.24 bits per heavy atom. The molecule has 3 atom stereocenters. The topological polar surface area (TPSA) is 93.1 Å². The quantitative estimate of drug-likeness (QED) is 0.452. The Morgan fingerprint density at radius 1 is 1.30 bits per heavy atom. The predicted molar refractivity (Wildman–Crippen MR) is 128 cm³/mol. The third kappa shape index (κ3) is 3.23. The van der Waals surface area contributed by atoms with Gasteiger partial charge in [0.05, 0.1) is 39.5 Å². The first-order chi connectivity index (χ1) is 16.1. The summed E-state index contributed by atoms with van der Waals surface area (Å²) in [5.41, 5.74) is 2.81. The van der Waals surface area contributed by atoms with Crippen LogP contribution in [0.25, 0.3) is 20.4 Å². The molecule has 5 heterocycles. The molecule has 11 heteroatoms. The molecule has 3 aliphatic rings. The van der Waals surface area contributed by atoms with Crippen LogP contribution in [0, 0.1) is 5.92 Å². The van der Waals surface area contributed by atoms with E-state index in [-0.39, 0.29) is 24.0 Å². The molecule has 1 aliphatic carbocycles. The van der Waals surface area contributed by atoms with E-state index in [0.29, 0.717) is 11.6 Å². The van der Waals surface area contributed by atoms with E-state index in [1.165, 1.54) is 22.0 Å². The van der Waals surface area contributed by atoms with Crippen molar-refractivity contribution in [3.05, 3.63) is 33.9 Å². The van der Waals surface area contributed by atoms with E-state index in [1.807, 2.05) is 12.1 Å². The number of benzene rings is 1. The number of anilines is 2. The fraction of sp³-hybridized carbons (Fsp3) is 0.409. The summed E-state index contributed by atoms with van der Waals surface area (Å²) < 4.78 is 10.6. The lowest BCUT2D eigenvalue weighted by Gasteiger charge is -2.32. The van der Waals surface area contributed by atoms with Gasteiger partial charge in [-0.1, -0.05) is 16.1 Å². The fourth-order valence-corrected chi connectivity index (χ4v) is 7.40. The van der Waals surface area contributed by atoms with Gasteiger partial charge in [0.2, 0.25) is 5.91 Å². The SMILES string of the molecule is O=C([C@H]1CCc2c(sc3ncnc(Nc4cc5snnc5cc4Cl)c23)C1)N1C[C@H]2C[C@@H]1CO2. The normalized spacial score (nSPS) is 24.0. The molecule has 8 nitrogen and oxygen atoms in total. The second-order valence-electron chi connectivity index (χ2n) is 8.88. The maximum atomic E-state index is 13.3. The highest BCUT2D eigenvalue weighted by atomic mass is 35.5. The number of rotatable bonds is 3. The number of thiophene rings is 1. The van der Waals surface area contributed by atoms with Crippen molar-refractivity contribution in [2.45, 2.75) is 37.8 Å². The Hall–Kier alpha value is -2.40. The van der Waals surface area contributed by atoms with Crippen LogP contribution in [0.1, 0.15) is 23.3 Å². The minimum atomic E-state index is 0.0324. The Bertz CT molecular complexity index is 1420. The molecule has 1 aromatic carbocycles. The highest BCUT2D eigenvalue weighted by molar-refractivity contribution is 7.19. The fourth-order valence-electron chi connectivity index (χ4n) is 5.35. The van der Waals surface area contributed by atoms with E-state index in [1.54, 1.807) is 17.7 Å². The van der Waals surface area contributed by atoms with Gasteiger partial charge in [0.1, 0.15) is 22.5 Å². The second kappa shape index (κ2) is 7.56. The van der Waals surface area contributed by atoms with Gasteiger partial charge >= 0.3 is 0 Å². The molecule has 2 fully saturated rings. The molecule has 7 rings (SSSR count). The van der Waals surface area contributed by atoms with Gasteiger partial charge in [0, 0.05) is 17.3 Å². The molecule has 168 valence electrons. The van der Waals surface area contributed by atoms with Gasteiger partial charge in [-0.2, -0.15) is 0 Å². The van der Waals surface area contributed by atoms with Gasteiger partial charge in [-0.05, 0) is 54.9 Å². The van der Waals surface area contributed by atoms with Crippen molar-refractivity contribution in [3.8, 4) is 0 Å². The lowest BCUT2D eigenvalue weighted by atomic mass is 9.86. The van der Waals surface area contributed by atoms with Crippen LogP contribution in [0.15, 0.2) is 18.5 Å². The molecular formula is C22H19ClN6O2S2. The number of hydrogen-bond donors (Lipinski definition) is 1. The number of halogens is 1. The third-order valence-corrected chi connectivity index (χ3v) is 9.13. The van der Waals surface area contributed by atoms with Crippen LogP contribution in [0.4, 0.5) is 11.5 Å². The predicted octanol–water partition coefficient (Wildman–Crippen LogP) is 4.20. The number of nitrogens with zero attached hydrogens (tertiary/aromatic N) is 5. The number of aromatic nitrogens is 4. The Morgan fingerprint density at radius 3 is 3.09 bits per heavy atom. The van der Waals surface area contributed by atoms with Gasteiger partial charge in [0.25, 0.3) is 0 Å². The van der Waals surface area contributed by atoms with E-state index >= 15 is 0 Å². The van der Waals surface area contributed by atoms with Crippen LogP contribution in [0.3, 0.4) is 0 Å². The largest absolute Gasteiger partial charge is 0.374 e. The molecule has 2 bridgehead atoms. The zero-order valence-electron chi connectivity index (χ0n) is 17.5. The van der Waals surface area contributed by atoms with Crippen molar-refractivity contribution in [3.63, 3.8) is 0 Å². The Balaban J connectivity index is 1.20. The number of aryl methyl sites for hydroxylation is 1. The minimum absolute atomic E-state index is 0.0324. The van der Waals surface area contributed by atoms with Gasteiger partial charge in [-0.15, -0.1) is 16.4 Å². The first-order valence-corrected chi connectivity index (χ1v) is 13.0. The summed E-state index contributed by atoms with van der Waals surface area (Å²) >= 11 is 9.51. The van der Waals surface area contributed by atoms with E-state index in [9.17, 15) is 4.79 Å². The summed E-state index contributed by atoms with van der Waals surface area (Å²) in [7, 11) is 0. The van der Waals surface area contributed by atoms with Gasteiger partial charge in [-0.3, -0.25) is 4.79 Å². The molecule has 0 spiro atoms. The smallest absolute Gasteiger partial charge is 0.226 e. The van der Waals surface area contributed by atoms with Crippen LogP contribution in [-0.2, 0) is 22.4 Å². The lowest BCUT2D eigenvalue weighted by molar-refractivity contribution is -0.140. The summed E-state index contributed by atoms with van der Waals surface area (Å²) in [6.07, 6.45) is 5.26. The maximum absolute atomic E-state index is 13.3. The zero-order valence-corrected chi connectivity index (χ0v) is 19.8. The van der Waals surface area contributed by atoms with E-state index < -0.39 is 0 Å². The van der Waals surface area contributed by atoms with Crippen molar-refractivity contribution in [1.82, 2.24) is 24.5 Å². The molecule has 3 aromatic heterocycles. The van der Waals surface area contributed by atoms with E-state index in [2.05, 4.69) is 29.8 Å². The number of hydrogen-bond acceptors (Lipinski definition) is 9. The summed E-state index contributed by atoms with van der Waals surface area (Å²) in [6, 6.07) is 4.04. The first kappa shape index (κ1) is 20.0. The van der Waals surface area contributed by atoms with Gasteiger partial charge < -0.3 is 15.0 Å². The minimum Gasteiger partial charge on any atom is -0.374 e. The van der Waals surface area contributed by atoms with Crippen molar-refractivity contribution in [2.24, 2.45) is 5.92 Å². The number of nitrogens with one attached hydrogen (secondary N) is 1. The number of likely N-dealkylation sites (tertiary alicyclic amines) is 1. The number of carbonyl (C=O) groups excluding carboxylic acids is 1. The second-order valence-corrected chi connectivity index (χ2v) is 11.2. The van der Waals surface area contributed by atoms with Crippen LogP contribution in [0.5, 0.6) is 0 Å². The lowest BCUT2D eigenvalue weighted by Crippen LogP contribution is -2.45. The molecule has 2 aliphatic heterocycles. The molecule has 1 N–H and O–H groups in total. The van der Waals surface area contributed by atoms with E-state index in [4.69, 9.17) is 16.3 Å². The summed E-state index contributed by atoms with van der Waals surface area (Å²) in [5.74, 6) is 1.07. The van der Waals surface area contributed by atoms with Crippen molar-refractivity contribution >= 4 is 72.3 Å². The summed E-state index contributed by atoms with van der Waals surface area (Å²) in [4.78, 5) is 26.6. The molecule has 4 aromatic rings. The van der Waals surface area contributed by atoms with Crippen LogP contribution in [-0.4, -0.2) is 55.7 Å². The van der Waals surface area contributed by atoms with Gasteiger partial charge in [-0.25, -0.2) is 9.97 Å². The van der Waals surface area contributed by atoms with Crippen molar-refractivity contribution in [2.75, 3.05) is 18.5 Å². The van der Waals surface area contributed by atoms with Crippen LogP contribution in [0.2, 0.25) is 5.02 Å². The highest BCUT2D eigenvalue weighted by Crippen LogP contribution is 2.42. The van der Waals surface area contributed by atoms with Crippen LogP contribution >= 0.6 is 34.5 Å². The third-order valence-electron chi connectivity index (χ3n) is 6.97. The standard InChI is InChI=1S/C22H19ClN6O2S2/c23-14-5-16-18(33-28-27-16)6-15(14)26-20-19-13-2-1-10(3-17(13)32-21(19)25-9-24-20)22(30)29-7-12-4-11(29)8-31-12/h5-6,9-12H,1-4,7-8H2,(H,24,25,26)/t10-,11+,12+/m0/s1. The zero-order chi connectivity index (χ0) is 22.1. The summed E-state index contributed by atoms with van der Waals surface area (Å²) in [6.45, 7) is 1.44. The molecule has 2 saturated heterocycles. The molecule has 0 unspecified atom stereocenters. The average Bonchev–Trinajstić information content (AvgIpc) is 3.61. The van der Waals surface area contributed by atoms with Gasteiger partial charge in [0.15, 0.2) is 0 Å². The average molecular weight is 499 g/mol. The highest BCUT2D eigenvalue weighted by Gasteiger charge is 2.43. The van der Waals surface area contributed by atoms with E-state index in [0.717, 1.165) is 64.2 Å². The molecule has 33 heavy (non-hydrogen) atoms. The number of carbonyl (C=O) groups is 1. The molecule has 0 saturated carbocycles. The summed E-state index contributed by atoms with van der Waals surface area (Å²) in [5, 5.41) is 9.11. The monoisotopic (exact) mass is 498 g/mol. The molecule has 1 amide bonds. The number of ether oxygens (including phenoxy) is 1. The Kier molecular flexibility index (Phi) is 4.58. The molecular weight excluding hydrogens is 480 g/mol. The Labute approximate surface area is 202 Å². The van der Waals surface area contributed by atoms with Crippen molar-refractivity contribution < 1.29 is 9.53 Å². The number of amides is 1. The molecule has 0 radical (unpaired) electrons. The maximum Gasteiger partial charge on any atom is 0.226 e.